The van der Waals surface area contributed by atoms with Crippen molar-refractivity contribution in [3.8, 4) is 16.8 Å². The van der Waals surface area contributed by atoms with E-state index in [1.165, 1.54) is 17.7 Å². The average Bonchev–Trinajstić information content (AvgIpc) is 3.36. The number of carbonyl (C=O) groups excluding carboxylic acids is 2. The van der Waals surface area contributed by atoms with Crippen LogP contribution in [0.15, 0.2) is 71.8 Å². The molecule has 0 saturated carbocycles. The summed E-state index contributed by atoms with van der Waals surface area (Å²) in [6, 6.07) is 18.9. The summed E-state index contributed by atoms with van der Waals surface area (Å²) in [6.07, 6.45) is 1.23. The van der Waals surface area contributed by atoms with Crippen LogP contribution in [-0.2, 0) is 4.79 Å². The first-order valence-electron chi connectivity index (χ1n) is 10.9. The molecule has 1 N–H and O–H groups in total. The number of ketones is 1. The van der Waals surface area contributed by atoms with Gasteiger partial charge in [-0.1, -0.05) is 48.5 Å². The second-order valence-electron chi connectivity index (χ2n) is 8.06. The summed E-state index contributed by atoms with van der Waals surface area (Å²) in [5.41, 5.74) is 5.55. The van der Waals surface area contributed by atoms with Crippen LogP contribution in [0.4, 0.5) is 0 Å². The molecule has 0 saturated heterocycles. The van der Waals surface area contributed by atoms with Crippen molar-refractivity contribution in [1.29, 1.82) is 0 Å². The zero-order valence-corrected chi connectivity index (χ0v) is 20.1. The third kappa shape index (κ3) is 3.85. The first kappa shape index (κ1) is 22.4. The molecule has 0 aliphatic heterocycles. The Morgan fingerprint density at radius 3 is 2.29 bits per heavy atom. The Balaban J connectivity index is 1.50. The largest absolute Gasteiger partial charge is 0.311 e. The molecule has 3 heterocycles. The number of nitrogens with zero attached hydrogens (tertiary/aromatic N) is 4. The highest BCUT2D eigenvalue weighted by Crippen LogP contribution is 2.35. The molecule has 0 unspecified atom stereocenters. The van der Waals surface area contributed by atoms with E-state index in [4.69, 9.17) is 0 Å². The SMILES string of the molecule is Cc1nn(-c2ccccc2)c(C)c1C(=O)C(=O)Nn1cnc2sc(C)c(-c3ccccc3)c2c1=O. The fourth-order valence-corrected chi connectivity index (χ4v) is 5.20. The van der Waals surface area contributed by atoms with Crippen molar-refractivity contribution < 1.29 is 9.59 Å². The molecule has 35 heavy (non-hydrogen) atoms. The predicted octanol–water partition coefficient (Wildman–Crippen LogP) is 4.19. The summed E-state index contributed by atoms with van der Waals surface area (Å²) in [6.45, 7) is 5.33. The maximum Gasteiger partial charge on any atom is 0.311 e. The van der Waals surface area contributed by atoms with Crippen molar-refractivity contribution in [3.05, 3.63) is 99.2 Å². The van der Waals surface area contributed by atoms with Crippen LogP contribution in [0.1, 0.15) is 26.6 Å². The molecule has 174 valence electrons. The van der Waals surface area contributed by atoms with E-state index in [9.17, 15) is 14.4 Å². The number of para-hydroxylation sites is 1. The number of thiophene rings is 1. The molecule has 0 radical (unpaired) electrons. The second kappa shape index (κ2) is 8.77. The molecule has 2 aromatic carbocycles. The summed E-state index contributed by atoms with van der Waals surface area (Å²) in [4.78, 5) is 45.2. The Bertz CT molecular complexity index is 1650. The number of rotatable bonds is 5. The third-order valence-electron chi connectivity index (χ3n) is 5.80. The minimum Gasteiger partial charge on any atom is -0.283 e. The topological polar surface area (TPSA) is 98.9 Å². The number of nitrogens with one attached hydrogen (secondary N) is 1. The van der Waals surface area contributed by atoms with Crippen LogP contribution in [0.3, 0.4) is 0 Å². The number of aromatic nitrogens is 4. The quantitative estimate of drug-likeness (QED) is 0.299. The second-order valence-corrected chi connectivity index (χ2v) is 9.27. The van der Waals surface area contributed by atoms with Crippen molar-refractivity contribution in [2.75, 3.05) is 5.43 Å². The number of Topliss-reactive ketones (excluding diaryl/α,β-unsaturated/α-hetero) is 1. The molecule has 0 aliphatic carbocycles. The maximum atomic E-state index is 13.3. The van der Waals surface area contributed by atoms with Gasteiger partial charge in [-0.2, -0.15) is 5.10 Å². The normalized spacial score (nSPS) is 11.1. The van der Waals surface area contributed by atoms with Crippen LogP contribution in [0.2, 0.25) is 0 Å². The number of fused-ring (bicyclic) bond motifs is 1. The highest BCUT2D eigenvalue weighted by molar-refractivity contribution is 7.19. The highest BCUT2D eigenvalue weighted by atomic mass is 32.1. The van der Waals surface area contributed by atoms with Gasteiger partial charge in [0.25, 0.3) is 11.3 Å². The van der Waals surface area contributed by atoms with E-state index in [1.54, 1.807) is 18.5 Å². The van der Waals surface area contributed by atoms with E-state index in [2.05, 4.69) is 15.5 Å². The fraction of sp³-hybridized carbons (Fsp3) is 0.115. The van der Waals surface area contributed by atoms with E-state index in [-0.39, 0.29) is 5.56 Å². The number of amides is 1. The monoisotopic (exact) mass is 483 g/mol. The van der Waals surface area contributed by atoms with E-state index in [1.807, 2.05) is 67.6 Å². The molecule has 0 bridgehead atoms. The fourth-order valence-electron chi connectivity index (χ4n) is 4.20. The van der Waals surface area contributed by atoms with Crippen LogP contribution in [-0.4, -0.2) is 31.1 Å². The Kier molecular flexibility index (Phi) is 5.62. The molecule has 5 aromatic rings. The lowest BCUT2D eigenvalue weighted by Gasteiger charge is -2.08. The molecular weight excluding hydrogens is 462 g/mol. The number of carbonyl (C=O) groups is 2. The summed E-state index contributed by atoms with van der Waals surface area (Å²) in [7, 11) is 0. The average molecular weight is 484 g/mol. The molecule has 0 aliphatic rings. The summed E-state index contributed by atoms with van der Waals surface area (Å²) in [5.74, 6) is -1.72. The Labute approximate surface area is 204 Å². The lowest BCUT2D eigenvalue weighted by atomic mass is 10.0. The third-order valence-corrected chi connectivity index (χ3v) is 6.81. The molecule has 0 fully saturated rings. The first-order chi connectivity index (χ1) is 16.9. The van der Waals surface area contributed by atoms with E-state index < -0.39 is 17.2 Å². The van der Waals surface area contributed by atoms with Gasteiger partial charge in [-0.05, 0) is 38.5 Å². The van der Waals surface area contributed by atoms with Gasteiger partial charge in [0.2, 0.25) is 0 Å². The summed E-state index contributed by atoms with van der Waals surface area (Å²) >= 11 is 1.41. The van der Waals surface area contributed by atoms with Crippen LogP contribution in [0.25, 0.3) is 27.0 Å². The van der Waals surface area contributed by atoms with Crippen LogP contribution in [0.5, 0.6) is 0 Å². The molecule has 1 amide bonds. The summed E-state index contributed by atoms with van der Waals surface area (Å²) in [5, 5.41) is 4.83. The van der Waals surface area contributed by atoms with Gasteiger partial charge in [0, 0.05) is 10.4 Å². The van der Waals surface area contributed by atoms with Gasteiger partial charge in [-0.15, -0.1) is 11.3 Å². The van der Waals surface area contributed by atoms with Gasteiger partial charge in [0.15, 0.2) is 0 Å². The smallest absolute Gasteiger partial charge is 0.283 e. The van der Waals surface area contributed by atoms with E-state index in [0.717, 1.165) is 26.4 Å². The van der Waals surface area contributed by atoms with E-state index in [0.29, 0.717) is 21.6 Å². The lowest BCUT2D eigenvalue weighted by molar-refractivity contribution is -0.113. The van der Waals surface area contributed by atoms with Gasteiger partial charge >= 0.3 is 5.91 Å². The molecule has 5 rings (SSSR count). The zero-order chi connectivity index (χ0) is 24.7. The van der Waals surface area contributed by atoms with Gasteiger partial charge in [-0.25, -0.2) is 14.3 Å². The Hall–Kier alpha value is -4.37. The van der Waals surface area contributed by atoms with Crippen molar-refractivity contribution in [2.45, 2.75) is 20.8 Å². The van der Waals surface area contributed by atoms with Crippen LogP contribution >= 0.6 is 11.3 Å². The van der Waals surface area contributed by atoms with Gasteiger partial charge in [0.1, 0.15) is 11.2 Å². The minimum atomic E-state index is -0.944. The molecule has 3 aromatic heterocycles. The lowest BCUT2D eigenvalue weighted by Crippen LogP contribution is -2.37. The number of aryl methyl sites for hydroxylation is 2. The van der Waals surface area contributed by atoms with Crippen molar-refractivity contribution in [2.24, 2.45) is 0 Å². The van der Waals surface area contributed by atoms with Crippen molar-refractivity contribution in [1.82, 2.24) is 19.4 Å². The number of hydrogen-bond donors (Lipinski definition) is 1. The van der Waals surface area contributed by atoms with Gasteiger partial charge in [0.05, 0.1) is 28.0 Å². The Morgan fingerprint density at radius 1 is 0.943 bits per heavy atom. The molecule has 0 atom stereocenters. The number of benzene rings is 2. The van der Waals surface area contributed by atoms with Gasteiger partial charge in [-0.3, -0.25) is 19.8 Å². The standard InChI is InChI=1S/C26H21N5O3S/c1-15-20(16(2)31(28-15)19-12-8-5-9-13-19)23(32)24(33)29-30-14-27-25-22(26(30)34)21(17(3)35-25)18-10-6-4-7-11-18/h4-14H,1-3H3,(H,29,33). The van der Waals surface area contributed by atoms with Crippen LogP contribution < -0.4 is 11.0 Å². The van der Waals surface area contributed by atoms with Crippen molar-refractivity contribution in [3.63, 3.8) is 0 Å². The summed E-state index contributed by atoms with van der Waals surface area (Å²) < 4.78 is 2.59. The first-order valence-corrected chi connectivity index (χ1v) is 11.7. The van der Waals surface area contributed by atoms with E-state index >= 15 is 0 Å². The molecule has 0 spiro atoms. The van der Waals surface area contributed by atoms with Gasteiger partial charge < -0.3 is 0 Å². The van der Waals surface area contributed by atoms with Crippen LogP contribution in [0, 0.1) is 20.8 Å². The molecule has 9 heteroatoms. The number of hydrogen-bond acceptors (Lipinski definition) is 6. The van der Waals surface area contributed by atoms with Crippen molar-refractivity contribution >= 4 is 33.2 Å². The maximum absolute atomic E-state index is 13.3. The Morgan fingerprint density at radius 2 is 1.60 bits per heavy atom. The molecular formula is C26H21N5O3S. The predicted molar refractivity (Wildman–Crippen MR) is 136 cm³/mol. The highest BCUT2D eigenvalue weighted by Gasteiger charge is 2.26. The molecule has 8 nitrogen and oxygen atoms in total. The zero-order valence-electron chi connectivity index (χ0n) is 19.3. The minimum absolute atomic E-state index is 0.199.